The summed E-state index contributed by atoms with van der Waals surface area (Å²) in [5, 5.41) is 0. The van der Waals surface area contributed by atoms with Gasteiger partial charge in [-0.15, -0.1) is 0 Å². The molecule has 0 saturated carbocycles. The molecule has 186 valence electrons. The molecule has 14 heteroatoms. The van der Waals surface area contributed by atoms with Crippen molar-refractivity contribution in [3.8, 4) is 0 Å². The van der Waals surface area contributed by atoms with E-state index in [-0.39, 0.29) is 18.9 Å². The normalized spacial score (nSPS) is 21.8. The molecule has 1 aromatic rings. The third-order valence-electron chi connectivity index (χ3n) is 5.28. The van der Waals surface area contributed by atoms with E-state index in [0.717, 1.165) is 15.4 Å². The van der Waals surface area contributed by atoms with Crippen LogP contribution in [0.5, 0.6) is 0 Å². The van der Waals surface area contributed by atoms with Crippen LogP contribution in [0.25, 0.3) is 0 Å². The molecule has 0 aliphatic carbocycles. The highest BCUT2D eigenvalue weighted by Crippen LogP contribution is 2.30. The van der Waals surface area contributed by atoms with Crippen LogP contribution in [0.1, 0.15) is 24.0 Å². The lowest BCUT2D eigenvalue weighted by atomic mass is 9.88. The van der Waals surface area contributed by atoms with E-state index in [1.165, 1.54) is 7.05 Å². The standard InChI is InChI=1S/C19H26F3N3O6S2/c1-12-5-3-4-6-14(12)9-13-7-8-25(33(28,29)24-2)15(10-13)30-16(26)18(23,11-32)31-17(27)19(20,21)22/h3-6,13,15,24,32H,7-11,23H2,1-2H3/t13?,15?,18-/m1/s1. The van der Waals surface area contributed by atoms with Gasteiger partial charge in [-0.3, -0.25) is 5.73 Å². The van der Waals surface area contributed by atoms with E-state index in [9.17, 15) is 31.2 Å². The van der Waals surface area contributed by atoms with Crippen LogP contribution in [0, 0.1) is 12.8 Å². The number of hydrogen-bond acceptors (Lipinski definition) is 8. The number of benzene rings is 1. The van der Waals surface area contributed by atoms with Gasteiger partial charge in [-0.2, -0.15) is 38.5 Å². The Hall–Kier alpha value is -1.87. The number of aryl methyl sites for hydroxylation is 1. The Labute approximate surface area is 195 Å². The number of esters is 2. The molecule has 33 heavy (non-hydrogen) atoms. The summed E-state index contributed by atoms with van der Waals surface area (Å²) in [5.41, 5.74) is 4.74. The molecule has 1 aliphatic rings. The van der Waals surface area contributed by atoms with Gasteiger partial charge in [0, 0.05) is 20.0 Å². The summed E-state index contributed by atoms with van der Waals surface area (Å²) >= 11 is 3.71. The predicted molar refractivity (Wildman–Crippen MR) is 115 cm³/mol. The molecule has 1 aromatic carbocycles. The number of halogens is 3. The molecule has 1 heterocycles. The third kappa shape index (κ3) is 6.82. The fourth-order valence-electron chi connectivity index (χ4n) is 3.39. The van der Waals surface area contributed by atoms with Gasteiger partial charge in [-0.25, -0.2) is 14.3 Å². The van der Waals surface area contributed by atoms with E-state index in [4.69, 9.17) is 10.5 Å². The van der Waals surface area contributed by atoms with E-state index in [2.05, 4.69) is 22.1 Å². The summed E-state index contributed by atoms with van der Waals surface area (Å²) in [6.07, 6.45) is -5.72. The van der Waals surface area contributed by atoms with Crippen molar-refractivity contribution < 1.29 is 40.7 Å². The highest BCUT2D eigenvalue weighted by molar-refractivity contribution is 7.87. The molecule has 9 nitrogen and oxygen atoms in total. The maximum atomic E-state index is 12.6. The molecule has 1 aliphatic heterocycles. The van der Waals surface area contributed by atoms with Gasteiger partial charge in [0.25, 0.3) is 15.9 Å². The molecule has 2 rings (SSSR count). The van der Waals surface area contributed by atoms with Gasteiger partial charge in [-0.05, 0) is 36.8 Å². The molecule has 1 saturated heterocycles. The zero-order valence-electron chi connectivity index (χ0n) is 18.0. The Kier molecular flexibility index (Phi) is 8.79. The summed E-state index contributed by atoms with van der Waals surface area (Å²) in [6.45, 7) is 1.91. The van der Waals surface area contributed by atoms with Crippen LogP contribution < -0.4 is 10.5 Å². The van der Waals surface area contributed by atoms with Crippen LogP contribution in [0.3, 0.4) is 0 Å². The van der Waals surface area contributed by atoms with Crippen molar-refractivity contribution in [2.45, 2.75) is 44.3 Å². The van der Waals surface area contributed by atoms with E-state index >= 15 is 0 Å². The molecule has 0 amide bonds. The molecule has 0 bridgehead atoms. The number of nitrogens with two attached hydrogens (primary N) is 1. The van der Waals surface area contributed by atoms with Crippen molar-refractivity contribution in [3.63, 3.8) is 0 Å². The van der Waals surface area contributed by atoms with Gasteiger partial charge < -0.3 is 9.47 Å². The van der Waals surface area contributed by atoms with Crippen molar-refractivity contribution in [3.05, 3.63) is 35.4 Å². The van der Waals surface area contributed by atoms with Gasteiger partial charge in [0.15, 0.2) is 6.23 Å². The van der Waals surface area contributed by atoms with Crippen molar-refractivity contribution >= 4 is 34.8 Å². The lowest BCUT2D eigenvalue weighted by Gasteiger charge is -2.39. The molecule has 1 fully saturated rings. The van der Waals surface area contributed by atoms with Crippen molar-refractivity contribution in [2.24, 2.45) is 11.7 Å². The van der Waals surface area contributed by atoms with E-state index in [0.29, 0.717) is 12.8 Å². The van der Waals surface area contributed by atoms with Gasteiger partial charge >= 0.3 is 18.1 Å². The second-order valence-electron chi connectivity index (χ2n) is 7.64. The Morgan fingerprint density at radius 1 is 1.27 bits per heavy atom. The lowest BCUT2D eigenvalue weighted by Crippen LogP contribution is -2.59. The summed E-state index contributed by atoms with van der Waals surface area (Å²) in [7, 11) is -2.89. The van der Waals surface area contributed by atoms with Crippen LogP contribution in [0.4, 0.5) is 13.2 Å². The number of piperidine rings is 1. The van der Waals surface area contributed by atoms with Gasteiger partial charge in [0.05, 0.1) is 5.75 Å². The highest BCUT2D eigenvalue weighted by Gasteiger charge is 2.50. The number of hydrogen-bond donors (Lipinski definition) is 3. The second kappa shape index (κ2) is 10.6. The Balaban J connectivity index is 2.25. The quantitative estimate of drug-likeness (QED) is 0.271. The number of nitrogens with one attached hydrogen (secondary N) is 1. The Morgan fingerprint density at radius 3 is 2.45 bits per heavy atom. The largest absolute Gasteiger partial charge is 0.491 e. The smallest absolute Gasteiger partial charge is 0.441 e. The molecule has 3 atom stereocenters. The molecule has 0 spiro atoms. The SMILES string of the molecule is CNS(=O)(=O)N1CCC(Cc2ccccc2C)CC1OC(=O)[C@@](N)(CS)OC(=O)C(F)(F)F. The summed E-state index contributed by atoms with van der Waals surface area (Å²) in [6, 6.07) is 7.60. The molecular weight excluding hydrogens is 487 g/mol. The van der Waals surface area contributed by atoms with E-state index in [1.54, 1.807) is 0 Å². The van der Waals surface area contributed by atoms with Crippen LogP contribution >= 0.6 is 12.6 Å². The Morgan fingerprint density at radius 2 is 1.91 bits per heavy atom. The van der Waals surface area contributed by atoms with Crippen molar-refractivity contribution in [1.82, 2.24) is 9.03 Å². The molecule has 3 N–H and O–H groups in total. The average molecular weight is 514 g/mol. The molecule has 0 radical (unpaired) electrons. The number of carbonyl (C=O) groups is 2. The first-order valence-electron chi connectivity index (χ1n) is 9.89. The fraction of sp³-hybridized carbons (Fsp3) is 0.579. The molecule has 0 aromatic heterocycles. The minimum absolute atomic E-state index is 0.0154. The van der Waals surface area contributed by atoms with Crippen LogP contribution in [-0.2, 0) is 35.7 Å². The number of ether oxygens (including phenoxy) is 2. The van der Waals surface area contributed by atoms with E-state index < -0.39 is 46.0 Å². The zero-order chi connectivity index (χ0) is 25.0. The minimum Gasteiger partial charge on any atom is -0.441 e. The topological polar surface area (TPSA) is 128 Å². The first-order valence-corrected chi connectivity index (χ1v) is 12.0. The molecular formula is C19H26F3N3O6S2. The number of nitrogens with zero attached hydrogens (tertiary/aromatic N) is 1. The monoisotopic (exact) mass is 513 g/mol. The van der Waals surface area contributed by atoms with Crippen LogP contribution in [0.2, 0.25) is 0 Å². The number of rotatable bonds is 8. The number of carbonyl (C=O) groups excluding carboxylic acids is 2. The van der Waals surface area contributed by atoms with Gasteiger partial charge in [0.1, 0.15) is 0 Å². The summed E-state index contributed by atoms with van der Waals surface area (Å²) < 4.78 is 75.0. The van der Waals surface area contributed by atoms with E-state index in [1.807, 2.05) is 31.2 Å². The van der Waals surface area contributed by atoms with Crippen LogP contribution in [-0.4, -0.2) is 62.1 Å². The van der Waals surface area contributed by atoms with Gasteiger partial charge in [0.2, 0.25) is 0 Å². The second-order valence-corrected chi connectivity index (χ2v) is 9.78. The van der Waals surface area contributed by atoms with Crippen molar-refractivity contribution in [1.29, 1.82) is 0 Å². The highest BCUT2D eigenvalue weighted by atomic mass is 32.2. The van der Waals surface area contributed by atoms with Crippen LogP contribution in [0.15, 0.2) is 24.3 Å². The van der Waals surface area contributed by atoms with Gasteiger partial charge in [-0.1, -0.05) is 24.3 Å². The number of thiol groups is 1. The zero-order valence-corrected chi connectivity index (χ0v) is 19.7. The lowest BCUT2D eigenvalue weighted by molar-refractivity contribution is -0.219. The average Bonchev–Trinajstić information content (AvgIpc) is 2.74. The first kappa shape index (κ1) is 27.4. The predicted octanol–water partition coefficient (Wildman–Crippen LogP) is 1.27. The Bertz CT molecular complexity index is 976. The maximum Gasteiger partial charge on any atom is 0.491 e. The fourth-order valence-corrected chi connectivity index (χ4v) is 4.61. The summed E-state index contributed by atoms with van der Waals surface area (Å²) in [5.74, 6) is -5.18. The first-order chi connectivity index (χ1) is 15.2. The molecule has 2 unspecified atom stereocenters. The van der Waals surface area contributed by atoms with Crippen molar-refractivity contribution in [2.75, 3.05) is 19.3 Å². The summed E-state index contributed by atoms with van der Waals surface area (Å²) in [4.78, 5) is 23.8. The number of alkyl halides is 3. The minimum atomic E-state index is -5.40. The maximum absolute atomic E-state index is 12.6. The third-order valence-corrected chi connectivity index (χ3v) is 7.30.